The van der Waals surface area contributed by atoms with Crippen LogP contribution in [0.25, 0.3) is 0 Å². The number of carbonyl (C=O) groups is 1. The van der Waals surface area contributed by atoms with Gasteiger partial charge < -0.3 is 5.32 Å². The summed E-state index contributed by atoms with van der Waals surface area (Å²) < 4.78 is 0. The molecule has 0 aliphatic heterocycles. The standard InChI is InChI=1S/C17H25NO/c1-16(2)10-14(11-17(3,4)12-16)18-15(19)13-8-6-5-7-9-13/h5-9,14H,10-12H2,1-4H3,(H,18,19). The second kappa shape index (κ2) is 4.99. The first-order valence-corrected chi connectivity index (χ1v) is 7.13. The fourth-order valence-corrected chi connectivity index (χ4v) is 3.81. The Labute approximate surface area is 116 Å². The fraction of sp³-hybridized carbons (Fsp3) is 0.588. The summed E-state index contributed by atoms with van der Waals surface area (Å²) in [6, 6.07) is 9.77. The third kappa shape index (κ3) is 3.82. The number of carbonyl (C=O) groups excluding carboxylic acids is 1. The molecule has 0 unspecified atom stereocenters. The maximum atomic E-state index is 12.2. The lowest BCUT2D eigenvalue weighted by Gasteiger charge is -2.45. The molecule has 1 aromatic carbocycles. The van der Waals surface area contributed by atoms with Gasteiger partial charge in [0.2, 0.25) is 0 Å². The number of amides is 1. The fourth-order valence-electron chi connectivity index (χ4n) is 3.81. The van der Waals surface area contributed by atoms with Crippen LogP contribution in [0.4, 0.5) is 0 Å². The van der Waals surface area contributed by atoms with Gasteiger partial charge in [0.1, 0.15) is 0 Å². The van der Waals surface area contributed by atoms with Gasteiger partial charge in [-0.1, -0.05) is 45.9 Å². The van der Waals surface area contributed by atoms with E-state index in [-0.39, 0.29) is 11.9 Å². The quantitative estimate of drug-likeness (QED) is 0.854. The summed E-state index contributed by atoms with van der Waals surface area (Å²) in [6.07, 6.45) is 3.35. The van der Waals surface area contributed by atoms with Gasteiger partial charge in [-0.3, -0.25) is 4.79 Å². The van der Waals surface area contributed by atoms with Gasteiger partial charge in [-0.05, 0) is 42.2 Å². The van der Waals surface area contributed by atoms with Crippen molar-refractivity contribution in [1.29, 1.82) is 0 Å². The van der Waals surface area contributed by atoms with Gasteiger partial charge in [-0.25, -0.2) is 0 Å². The van der Waals surface area contributed by atoms with Crippen molar-refractivity contribution < 1.29 is 4.79 Å². The maximum Gasteiger partial charge on any atom is 0.251 e. The Balaban J connectivity index is 2.05. The summed E-state index contributed by atoms with van der Waals surface area (Å²) in [5.74, 6) is 0.0547. The van der Waals surface area contributed by atoms with Gasteiger partial charge in [0.05, 0.1) is 0 Å². The molecule has 0 saturated heterocycles. The third-order valence-electron chi connectivity index (χ3n) is 3.93. The Morgan fingerprint density at radius 1 is 1.05 bits per heavy atom. The third-order valence-corrected chi connectivity index (χ3v) is 3.93. The second-order valence-electron chi connectivity index (χ2n) is 7.45. The molecule has 1 fully saturated rings. The molecule has 0 bridgehead atoms. The molecule has 1 aromatic rings. The first-order valence-electron chi connectivity index (χ1n) is 7.13. The minimum absolute atomic E-state index is 0.0547. The predicted octanol–water partition coefficient (Wildman–Crippen LogP) is 4.02. The lowest BCUT2D eigenvalue weighted by molar-refractivity contribution is 0.0713. The molecule has 1 saturated carbocycles. The molecule has 2 nitrogen and oxygen atoms in total. The summed E-state index contributed by atoms with van der Waals surface area (Å²) in [7, 11) is 0. The Morgan fingerprint density at radius 3 is 2.11 bits per heavy atom. The number of hydrogen-bond donors (Lipinski definition) is 1. The zero-order chi connectivity index (χ0) is 14.1. The molecular weight excluding hydrogens is 234 g/mol. The molecular formula is C17H25NO. The van der Waals surface area contributed by atoms with Crippen LogP contribution in [0.1, 0.15) is 57.3 Å². The van der Waals surface area contributed by atoms with Gasteiger partial charge in [-0.2, -0.15) is 0 Å². The summed E-state index contributed by atoms with van der Waals surface area (Å²) in [4.78, 5) is 12.2. The van der Waals surface area contributed by atoms with Crippen LogP contribution in [0.5, 0.6) is 0 Å². The zero-order valence-corrected chi connectivity index (χ0v) is 12.5. The van der Waals surface area contributed by atoms with E-state index < -0.39 is 0 Å². The van der Waals surface area contributed by atoms with E-state index in [9.17, 15) is 4.79 Å². The van der Waals surface area contributed by atoms with E-state index in [1.165, 1.54) is 6.42 Å². The molecule has 0 spiro atoms. The first-order chi connectivity index (χ1) is 8.77. The van der Waals surface area contributed by atoms with Crippen LogP contribution in [0.15, 0.2) is 30.3 Å². The van der Waals surface area contributed by atoms with Gasteiger partial charge in [0, 0.05) is 11.6 Å². The highest BCUT2D eigenvalue weighted by molar-refractivity contribution is 5.94. The monoisotopic (exact) mass is 259 g/mol. The molecule has 19 heavy (non-hydrogen) atoms. The normalized spacial score (nSPS) is 21.9. The molecule has 104 valence electrons. The van der Waals surface area contributed by atoms with Gasteiger partial charge in [0.25, 0.3) is 5.91 Å². The lowest BCUT2D eigenvalue weighted by Crippen LogP contribution is -2.46. The minimum Gasteiger partial charge on any atom is -0.349 e. The van der Waals surface area contributed by atoms with Crippen LogP contribution >= 0.6 is 0 Å². The molecule has 1 aliphatic carbocycles. The molecule has 2 heteroatoms. The van der Waals surface area contributed by atoms with E-state index in [2.05, 4.69) is 33.0 Å². The SMILES string of the molecule is CC1(C)CC(NC(=O)c2ccccc2)CC(C)(C)C1. The van der Waals surface area contributed by atoms with E-state index in [1.807, 2.05) is 30.3 Å². The van der Waals surface area contributed by atoms with E-state index in [0.717, 1.165) is 18.4 Å². The van der Waals surface area contributed by atoms with Crippen molar-refractivity contribution in [2.45, 2.75) is 53.0 Å². The summed E-state index contributed by atoms with van der Waals surface area (Å²) in [5.41, 5.74) is 1.36. The van der Waals surface area contributed by atoms with Gasteiger partial charge in [0.15, 0.2) is 0 Å². The Bertz CT molecular complexity index is 432. The highest BCUT2D eigenvalue weighted by atomic mass is 16.1. The van der Waals surface area contributed by atoms with E-state index >= 15 is 0 Å². The number of rotatable bonds is 2. The van der Waals surface area contributed by atoms with Gasteiger partial charge in [-0.15, -0.1) is 0 Å². The maximum absolute atomic E-state index is 12.2. The first kappa shape index (κ1) is 14.1. The summed E-state index contributed by atoms with van der Waals surface area (Å²) in [5, 5.41) is 3.21. The van der Waals surface area contributed by atoms with Crippen LogP contribution in [0.3, 0.4) is 0 Å². The van der Waals surface area contributed by atoms with Crippen molar-refractivity contribution in [1.82, 2.24) is 5.32 Å². The van der Waals surface area contributed by atoms with Crippen molar-refractivity contribution in [3.63, 3.8) is 0 Å². The minimum atomic E-state index is 0.0547. The largest absolute Gasteiger partial charge is 0.349 e. The molecule has 0 heterocycles. The van der Waals surface area contributed by atoms with Crippen LogP contribution in [0, 0.1) is 10.8 Å². The summed E-state index contributed by atoms with van der Waals surface area (Å²) >= 11 is 0. The van der Waals surface area contributed by atoms with E-state index in [0.29, 0.717) is 10.8 Å². The molecule has 0 radical (unpaired) electrons. The zero-order valence-electron chi connectivity index (χ0n) is 12.5. The molecule has 1 N–H and O–H groups in total. The van der Waals surface area contributed by atoms with Crippen LogP contribution in [-0.2, 0) is 0 Å². The Hall–Kier alpha value is -1.31. The van der Waals surface area contributed by atoms with Crippen LogP contribution < -0.4 is 5.32 Å². The molecule has 0 atom stereocenters. The Kier molecular flexibility index (Phi) is 3.71. The van der Waals surface area contributed by atoms with Gasteiger partial charge >= 0.3 is 0 Å². The average Bonchev–Trinajstić information content (AvgIpc) is 2.25. The average molecular weight is 259 g/mol. The predicted molar refractivity (Wildman–Crippen MR) is 79.1 cm³/mol. The van der Waals surface area contributed by atoms with E-state index in [1.54, 1.807) is 0 Å². The van der Waals surface area contributed by atoms with E-state index in [4.69, 9.17) is 0 Å². The molecule has 2 rings (SSSR count). The molecule has 1 aliphatic rings. The summed E-state index contributed by atoms with van der Waals surface area (Å²) in [6.45, 7) is 9.20. The molecule has 0 aromatic heterocycles. The highest BCUT2D eigenvalue weighted by Crippen LogP contribution is 2.45. The Morgan fingerprint density at radius 2 is 1.58 bits per heavy atom. The van der Waals surface area contributed by atoms with Crippen LogP contribution in [-0.4, -0.2) is 11.9 Å². The number of nitrogens with one attached hydrogen (secondary N) is 1. The van der Waals surface area contributed by atoms with Crippen molar-refractivity contribution >= 4 is 5.91 Å². The second-order valence-corrected chi connectivity index (χ2v) is 7.45. The smallest absolute Gasteiger partial charge is 0.251 e. The van der Waals surface area contributed by atoms with Crippen LogP contribution in [0.2, 0.25) is 0 Å². The number of hydrogen-bond acceptors (Lipinski definition) is 1. The van der Waals surface area contributed by atoms with Crippen molar-refractivity contribution in [2.24, 2.45) is 10.8 Å². The van der Waals surface area contributed by atoms with Crippen molar-refractivity contribution in [3.8, 4) is 0 Å². The number of benzene rings is 1. The molecule has 1 amide bonds. The lowest BCUT2D eigenvalue weighted by atomic mass is 9.63. The van der Waals surface area contributed by atoms with Crippen molar-refractivity contribution in [2.75, 3.05) is 0 Å². The highest BCUT2D eigenvalue weighted by Gasteiger charge is 2.38. The van der Waals surface area contributed by atoms with Crippen molar-refractivity contribution in [3.05, 3.63) is 35.9 Å². The topological polar surface area (TPSA) is 29.1 Å².